The van der Waals surface area contributed by atoms with Gasteiger partial charge in [0.2, 0.25) is 0 Å². The lowest BCUT2D eigenvalue weighted by atomic mass is 10.1. The lowest BCUT2D eigenvalue weighted by Gasteiger charge is -2.15. The highest BCUT2D eigenvalue weighted by Crippen LogP contribution is 2.13. The molecule has 3 rings (SSSR count). The van der Waals surface area contributed by atoms with Crippen LogP contribution in [0.15, 0.2) is 72.2 Å². The predicted octanol–water partition coefficient (Wildman–Crippen LogP) is 3.06. The molecule has 2 aromatic carbocycles. The maximum absolute atomic E-state index is 12.0. The number of nitrogens with zero attached hydrogens (tertiary/aromatic N) is 4. The van der Waals surface area contributed by atoms with Gasteiger partial charge in [0.15, 0.2) is 5.96 Å². The number of benzene rings is 2. The van der Waals surface area contributed by atoms with Crippen LogP contribution < -0.4 is 10.6 Å². The molecule has 0 spiro atoms. The van der Waals surface area contributed by atoms with Crippen molar-refractivity contribution in [3.05, 3.63) is 83.9 Å². The van der Waals surface area contributed by atoms with Gasteiger partial charge in [-0.3, -0.25) is 9.79 Å². The Bertz CT molecular complexity index is 968. The molecular formula is C22H27IN6O. The molecule has 0 aliphatic rings. The van der Waals surface area contributed by atoms with Gasteiger partial charge >= 0.3 is 0 Å². The molecule has 0 saturated heterocycles. The fourth-order valence-corrected chi connectivity index (χ4v) is 2.92. The number of halogens is 1. The molecule has 1 amide bonds. The van der Waals surface area contributed by atoms with Crippen LogP contribution in [-0.2, 0) is 13.1 Å². The summed E-state index contributed by atoms with van der Waals surface area (Å²) in [5.41, 5.74) is 3.97. The zero-order chi connectivity index (χ0) is 20.6. The summed E-state index contributed by atoms with van der Waals surface area (Å²) >= 11 is 0. The molecule has 2 N–H and O–H groups in total. The van der Waals surface area contributed by atoms with Crippen molar-refractivity contribution in [3.63, 3.8) is 0 Å². The third kappa shape index (κ3) is 6.06. The van der Waals surface area contributed by atoms with Crippen molar-refractivity contribution in [1.29, 1.82) is 0 Å². The number of guanidine groups is 1. The van der Waals surface area contributed by atoms with Gasteiger partial charge < -0.3 is 20.1 Å². The van der Waals surface area contributed by atoms with Gasteiger partial charge in [-0.1, -0.05) is 30.3 Å². The van der Waals surface area contributed by atoms with Gasteiger partial charge in [0.1, 0.15) is 0 Å². The maximum atomic E-state index is 12.0. The van der Waals surface area contributed by atoms with Crippen molar-refractivity contribution in [2.24, 2.45) is 4.99 Å². The third-order valence-corrected chi connectivity index (χ3v) is 4.51. The van der Waals surface area contributed by atoms with E-state index >= 15 is 0 Å². The van der Waals surface area contributed by atoms with E-state index in [0.717, 1.165) is 16.8 Å². The summed E-state index contributed by atoms with van der Waals surface area (Å²) in [5, 5.41) is 6.65. The average Bonchev–Trinajstić information content (AvgIpc) is 3.28. The number of carbonyl (C=O) groups excluding carboxylic acids is 1. The van der Waals surface area contributed by atoms with Crippen LogP contribution in [0, 0.1) is 0 Å². The summed E-state index contributed by atoms with van der Waals surface area (Å²) in [4.78, 5) is 22.0. The Hall–Kier alpha value is -2.88. The molecule has 8 heteroatoms. The van der Waals surface area contributed by atoms with Crippen molar-refractivity contribution in [3.8, 4) is 5.69 Å². The van der Waals surface area contributed by atoms with Gasteiger partial charge in [0.25, 0.3) is 5.91 Å². The molecule has 1 aromatic heterocycles. The molecular weight excluding hydrogens is 491 g/mol. The maximum Gasteiger partial charge on any atom is 0.253 e. The molecule has 0 bridgehead atoms. The van der Waals surface area contributed by atoms with Crippen LogP contribution in [0.5, 0.6) is 0 Å². The normalized spacial score (nSPS) is 10.8. The fraction of sp³-hybridized carbons (Fsp3) is 0.227. The minimum atomic E-state index is -0.00135. The van der Waals surface area contributed by atoms with Gasteiger partial charge in [-0.2, -0.15) is 0 Å². The molecule has 1 heterocycles. The van der Waals surface area contributed by atoms with E-state index in [1.165, 1.54) is 0 Å². The van der Waals surface area contributed by atoms with Crippen molar-refractivity contribution in [2.45, 2.75) is 13.1 Å². The van der Waals surface area contributed by atoms with Crippen molar-refractivity contribution >= 4 is 35.8 Å². The Morgan fingerprint density at radius 2 is 1.77 bits per heavy atom. The van der Waals surface area contributed by atoms with Gasteiger partial charge in [0, 0.05) is 52.2 Å². The molecule has 3 aromatic rings. The van der Waals surface area contributed by atoms with E-state index in [0.29, 0.717) is 24.6 Å². The van der Waals surface area contributed by atoms with Crippen LogP contribution in [0.2, 0.25) is 0 Å². The lowest BCUT2D eigenvalue weighted by Crippen LogP contribution is -2.36. The van der Waals surface area contributed by atoms with Crippen LogP contribution in [0.1, 0.15) is 21.5 Å². The van der Waals surface area contributed by atoms with E-state index in [1.807, 2.05) is 47.2 Å². The van der Waals surface area contributed by atoms with Gasteiger partial charge in [-0.25, -0.2) is 4.98 Å². The summed E-state index contributed by atoms with van der Waals surface area (Å²) in [7, 11) is 5.24. The molecule has 0 fully saturated rings. The number of hydrogen-bond donors (Lipinski definition) is 2. The number of rotatable bonds is 6. The quantitative estimate of drug-likeness (QED) is 0.299. The summed E-state index contributed by atoms with van der Waals surface area (Å²) in [5.74, 6) is 0.706. The largest absolute Gasteiger partial charge is 0.352 e. The Kier molecular flexibility index (Phi) is 8.85. The molecule has 30 heavy (non-hydrogen) atoms. The number of imidazole rings is 1. The minimum absolute atomic E-state index is 0. The van der Waals surface area contributed by atoms with Crippen LogP contribution in [0.3, 0.4) is 0 Å². The van der Waals surface area contributed by atoms with Crippen molar-refractivity contribution in [2.75, 3.05) is 21.1 Å². The number of carbonyl (C=O) groups is 1. The standard InChI is InChI=1S/C22H26N6O.HI/c1-23-22(25-14-17-8-10-18(11-9-17)21(29)27(2)3)26-15-19-6-4-5-7-20(19)28-13-12-24-16-28;/h4-13,16H,14-15H2,1-3H3,(H2,23,25,26);1H. The Morgan fingerprint density at radius 3 is 2.40 bits per heavy atom. The van der Waals surface area contributed by atoms with Crippen molar-refractivity contribution < 1.29 is 4.79 Å². The monoisotopic (exact) mass is 518 g/mol. The molecule has 158 valence electrons. The molecule has 0 radical (unpaired) electrons. The molecule has 0 atom stereocenters. The zero-order valence-corrected chi connectivity index (χ0v) is 19.7. The number of aromatic nitrogens is 2. The van der Waals surface area contributed by atoms with E-state index in [-0.39, 0.29) is 29.9 Å². The SMILES string of the molecule is CN=C(NCc1ccc(C(=O)N(C)C)cc1)NCc1ccccc1-n1ccnc1.I. The van der Waals surface area contributed by atoms with Crippen LogP contribution >= 0.6 is 24.0 Å². The highest BCUT2D eigenvalue weighted by Gasteiger charge is 2.08. The number of amides is 1. The summed E-state index contributed by atoms with van der Waals surface area (Å²) < 4.78 is 1.99. The predicted molar refractivity (Wildman–Crippen MR) is 130 cm³/mol. The van der Waals surface area contributed by atoms with Crippen molar-refractivity contribution in [1.82, 2.24) is 25.1 Å². The summed E-state index contributed by atoms with van der Waals surface area (Å²) in [6.45, 7) is 1.24. The highest BCUT2D eigenvalue weighted by atomic mass is 127. The number of nitrogens with one attached hydrogen (secondary N) is 2. The Labute approximate surface area is 194 Å². The van der Waals surface area contributed by atoms with E-state index in [9.17, 15) is 4.79 Å². The highest BCUT2D eigenvalue weighted by molar-refractivity contribution is 14.0. The number of aliphatic imine (C=N–C) groups is 1. The molecule has 0 saturated carbocycles. The first-order valence-corrected chi connectivity index (χ1v) is 9.40. The van der Waals surface area contributed by atoms with E-state index < -0.39 is 0 Å². The summed E-state index contributed by atoms with van der Waals surface area (Å²) in [6, 6.07) is 15.8. The average molecular weight is 518 g/mol. The smallest absolute Gasteiger partial charge is 0.253 e. The molecule has 0 unspecified atom stereocenters. The number of para-hydroxylation sites is 1. The topological polar surface area (TPSA) is 74.6 Å². The first kappa shape index (κ1) is 23.4. The van der Waals surface area contributed by atoms with E-state index in [2.05, 4.69) is 32.7 Å². The van der Waals surface area contributed by atoms with Gasteiger partial charge in [0.05, 0.1) is 12.0 Å². The molecule has 7 nitrogen and oxygen atoms in total. The first-order chi connectivity index (χ1) is 14.1. The van der Waals surface area contributed by atoms with Crippen LogP contribution in [-0.4, -0.2) is 47.5 Å². The molecule has 0 aliphatic heterocycles. The van der Waals surface area contributed by atoms with Gasteiger partial charge in [-0.15, -0.1) is 24.0 Å². The second-order valence-corrected chi connectivity index (χ2v) is 6.77. The molecule has 0 aliphatic carbocycles. The number of hydrogen-bond acceptors (Lipinski definition) is 3. The second-order valence-electron chi connectivity index (χ2n) is 6.77. The Balaban J connectivity index is 0.00000320. The second kappa shape index (κ2) is 11.3. The lowest BCUT2D eigenvalue weighted by molar-refractivity contribution is 0.0827. The van der Waals surface area contributed by atoms with Crippen LogP contribution in [0.25, 0.3) is 5.69 Å². The van der Waals surface area contributed by atoms with Crippen LogP contribution in [0.4, 0.5) is 0 Å². The summed E-state index contributed by atoms with van der Waals surface area (Å²) in [6.07, 6.45) is 5.48. The van der Waals surface area contributed by atoms with E-state index in [1.54, 1.807) is 38.6 Å². The van der Waals surface area contributed by atoms with Gasteiger partial charge in [-0.05, 0) is 29.3 Å². The van der Waals surface area contributed by atoms with E-state index in [4.69, 9.17) is 0 Å². The third-order valence-electron chi connectivity index (χ3n) is 4.51. The Morgan fingerprint density at radius 1 is 1.07 bits per heavy atom. The zero-order valence-electron chi connectivity index (χ0n) is 17.4. The minimum Gasteiger partial charge on any atom is -0.352 e. The fourth-order valence-electron chi connectivity index (χ4n) is 2.92. The first-order valence-electron chi connectivity index (χ1n) is 9.40.